The zero-order valence-corrected chi connectivity index (χ0v) is 29.5. The molecule has 0 saturated heterocycles. The molecule has 8 aliphatic carbocycles. The summed E-state index contributed by atoms with van der Waals surface area (Å²) in [7, 11) is 0. The molecule has 0 amide bonds. The Bertz CT molecular complexity index is 2220. The van der Waals surface area contributed by atoms with Gasteiger partial charge >= 0.3 is 0 Å². The summed E-state index contributed by atoms with van der Waals surface area (Å²) in [5.41, 5.74) is 7.47. The number of hydrogen-bond donors (Lipinski definition) is 0. The molecular formula is C47H46N4. The quantitative estimate of drug-likeness (QED) is 0.184. The first-order valence-corrected chi connectivity index (χ1v) is 20.0. The first-order chi connectivity index (χ1) is 25.1. The summed E-state index contributed by atoms with van der Waals surface area (Å²) in [6, 6.07) is 35.6. The molecule has 2 heterocycles. The highest BCUT2D eigenvalue weighted by atomic mass is 15.1. The number of benzene rings is 4. The summed E-state index contributed by atoms with van der Waals surface area (Å²) in [5.74, 6) is 8.29. The average molecular weight is 667 g/mol. The number of aromatic nitrogens is 4. The molecule has 0 spiro atoms. The molecule has 14 rings (SSSR count). The molecule has 0 N–H and O–H groups in total. The molecule has 8 fully saturated rings. The summed E-state index contributed by atoms with van der Waals surface area (Å²) in [4.78, 5) is 17.1. The lowest BCUT2D eigenvalue weighted by atomic mass is 9.49. The van der Waals surface area contributed by atoms with Gasteiger partial charge in [-0.2, -0.15) is 0 Å². The molecule has 4 aromatic carbocycles. The van der Waals surface area contributed by atoms with E-state index in [4.69, 9.17) is 15.0 Å². The van der Waals surface area contributed by atoms with Crippen molar-refractivity contribution in [2.24, 2.45) is 35.5 Å². The molecule has 8 aliphatic rings. The first kappa shape index (κ1) is 29.3. The fraction of sp³-hybridized carbons (Fsp3) is 0.426. The Kier molecular flexibility index (Phi) is 6.10. The predicted octanol–water partition coefficient (Wildman–Crippen LogP) is 11.2. The van der Waals surface area contributed by atoms with Crippen LogP contribution in [0.3, 0.4) is 0 Å². The smallest absolute Gasteiger partial charge is 0.165 e. The van der Waals surface area contributed by atoms with E-state index >= 15 is 0 Å². The predicted molar refractivity (Wildman–Crippen MR) is 205 cm³/mol. The summed E-state index contributed by atoms with van der Waals surface area (Å²) >= 11 is 0. The number of fused-ring (bicyclic) bond motifs is 3. The lowest BCUT2D eigenvalue weighted by Gasteiger charge is -2.57. The minimum absolute atomic E-state index is 0.117. The van der Waals surface area contributed by atoms with Crippen molar-refractivity contribution in [1.29, 1.82) is 0 Å². The lowest BCUT2D eigenvalue weighted by molar-refractivity contribution is -0.0155. The van der Waals surface area contributed by atoms with Crippen molar-refractivity contribution >= 4 is 21.8 Å². The third-order valence-electron chi connectivity index (χ3n) is 14.8. The van der Waals surface area contributed by atoms with Gasteiger partial charge in [0.1, 0.15) is 11.6 Å². The van der Waals surface area contributed by atoms with Crippen LogP contribution in [0, 0.1) is 35.5 Å². The zero-order valence-electron chi connectivity index (χ0n) is 29.5. The van der Waals surface area contributed by atoms with E-state index in [1.807, 2.05) is 0 Å². The topological polar surface area (TPSA) is 43.6 Å². The van der Waals surface area contributed by atoms with Gasteiger partial charge in [0, 0.05) is 32.7 Å². The molecule has 0 atom stereocenters. The van der Waals surface area contributed by atoms with Gasteiger partial charge in [0.05, 0.1) is 16.7 Å². The standard InChI is InChI=1S/C47H46N4/c1-2-9-35(10-3-1)36-13-8-14-38-37-11-4-6-15-40(37)51(42(36)38)41-16-7-5-12-39(41)43-48-44(46-23-29-17-30(24-46)19-31(18-29)25-46)50-45(49-43)47-26-32-20-33(27-47)22-34(21-32)28-47/h1-16,29-34H,17-28H2. The van der Waals surface area contributed by atoms with Crippen molar-refractivity contribution in [2.45, 2.75) is 87.9 Å². The largest absolute Gasteiger partial charge is 0.308 e. The molecular weight excluding hydrogens is 621 g/mol. The molecule has 4 heteroatoms. The summed E-state index contributed by atoms with van der Waals surface area (Å²) in [5, 5.41) is 2.56. The van der Waals surface area contributed by atoms with Crippen LogP contribution < -0.4 is 0 Å². The van der Waals surface area contributed by atoms with E-state index in [-0.39, 0.29) is 10.8 Å². The van der Waals surface area contributed by atoms with Crippen LogP contribution >= 0.6 is 0 Å². The Balaban J connectivity index is 1.11. The van der Waals surface area contributed by atoms with Crippen molar-refractivity contribution in [2.75, 3.05) is 0 Å². The Hall–Kier alpha value is -4.31. The first-order valence-electron chi connectivity index (χ1n) is 20.0. The van der Waals surface area contributed by atoms with Crippen molar-refractivity contribution in [3.8, 4) is 28.2 Å². The monoisotopic (exact) mass is 666 g/mol. The number of hydrogen-bond acceptors (Lipinski definition) is 3. The summed E-state index contributed by atoms with van der Waals surface area (Å²) < 4.78 is 2.51. The van der Waals surface area contributed by atoms with Gasteiger partial charge in [-0.25, -0.2) is 15.0 Å². The fourth-order valence-corrected chi connectivity index (χ4v) is 13.7. The van der Waals surface area contributed by atoms with Crippen LogP contribution in [0.4, 0.5) is 0 Å². The molecule has 2 aromatic heterocycles. The van der Waals surface area contributed by atoms with Gasteiger partial charge in [-0.15, -0.1) is 0 Å². The van der Waals surface area contributed by atoms with Crippen LogP contribution in [0.1, 0.15) is 88.7 Å². The number of para-hydroxylation sites is 3. The summed E-state index contributed by atoms with van der Waals surface area (Å²) in [6.45, 7) is 0. The highest BCUT2D eigenvalue weighted by molar-refractivity contribution is 6.14. The third-order valence-corrected chi connectivity index (χ3v) is 14.8. The molecule has 8 saturated carbocycles. The second kappa shape index (κ2) is 10.6. The average Bonchev–Trinajstić information content (AvgIpc) is 3.48. The van der Waals surface area contributed by atoms with Gasteiger partial charge in [0.2, 0.25) is 0 Å². The summed E-state index contributed by atoms with van der Waals surface area (Å²) in [6.07, 6.45) is 16.2. The lowest BCUT2D eigenvalue weighted by Crippen LogP contribution is -2.51. The van der Waals surface area contributed by atoms with Crippen LogP contribution in [0.25, 0.3) is 50.0 Å². The van der Waals surface area contributed by atoms with Gasteiger partial charge in [0.25, 0.3) is 0 Å². The molecule has 4 nitrogen and oxygen atoms in total. The van der Waals surface area contributed by atoms with Gasteiger partial charge in [-0.3, -0.25) is 0 Å². The number of rotatable bonds is 5. The van der Waals surface area contributed by atoms with Crippen LogP contribution in [-0.4, -0.2) is 19.5 Å². The normalized spacial score (nSPS) is 33.1. The molecule has 8 bridgehead atoms. The SMILES string of the molecule is c1ccc(-c2cccc3c4ccccc4n(-c4ccccc4-c4nc(C56CC7CC(CC(C7)C5)C6)nc(C56CC7CC(CC(C7)C5)C6)n4)c23)cc1. The molecule has 6 aromatic rings. The van der Waals surface area contributed by atoms with E-state index in [1.165, 1.54) is 110 Å². The molecule has 254 valence electrons. The van der Waals surface area contributed by atoms with Crippen molar-refractivity contribution < 1.29 is 0 Å². The van der Waals surface area contributed by atoms with E-state index in [2.05, 4.69) is 102 Å². The Morgan fingerprint density at radius 3 is 1.55 bits per heavy atom. The van der Waals surface area contributed by atoms with Gasteiger partial charge in [-0.05, 0) is 136 Å². The zero-order chi connectivity index (χ0) is 33.3. The maximum absolute atomic E-state index is 5.76. The highest BCUT2D eigenvalue weighted by Crippen LogP contribution is 2.62. The van der Waals surface area contributed by atoms with E-state index < -0.39 is 0 Å². The Morgan fingerprint density at radius 2 is 0.941 bits per heavy atom. The van der Waals surface area contributed by atoms with Crippen LogP contribution in [0.2, 0.25) is 0 Å². The Labute approximate surface area is 300 Å². The number of nitrogens with zero attached hydrogens (tertiary/aromatic N) is 4. The molecule has 0 aliphatic heterocycles. The van der Waals surface area contributed by atoms with E-state index in [1.54, 1.807) is 0 Å². The third kappa shape index (κ3) is 4.34. The van der Waals surface area contributed by atoms with Crippen molar-refractivity contribution in [1.82, 2.24) is 19.5 Å². The van der Waals surface area contributed by atoms with Gasteiger partial charge in [0.15, 0.2) is 5.82 Å². The van der Waals surface area contributed by atoms with Crippen molar-refractivity contribution in [3.05, 3.63) is 109 Å². The van der Waals surface area contributed by atoms with Crippen LogP contribution in [-0.2, 0) is 10.8 Å². The second-order valence-electron chi connectivity index (χ2n) is 18.1. The molecule has 0 unspecified atom stereocenters. The minimum atomic E-state index is 0.117. The van der Waals surface area contributed by atoms with Crippen molar-refractivity contribution in [3.63, 3.8) is 0 Å². The van der Waals surface area contributed by atoms with Gasteiger partial charge < -0.3 is 4.57 Å². The maximum Gasteiger partial charge on any atom is 0.165 e. The van der Waals surface area contributed by atoms with E-state index in [9.17, 15) is 0 Å². The fourth-order valence-electron chi connectivity index (χ4n) is 13.7. The second-order valence-corrected chi connectivity index (χ2v) is 18.1. The highest BCUT2D eigenvalue weighted by Gasteiger charge is 2.56. The minimum Gasteiger partial charge on any atom is -0.308 e. The Morgan fingerprint density at radius 1 is 0.451 bits per heavy atom. The van der Waals surface area contributed by atoms with Crippen LogP contribution in [0.5, 0.6) is 0 Å². The van der Waals surface area contributed by atoms with Gasteiger partial charge in [-0.1, -0.05) is 78.9 Å². The van der Waals surface area contributed by atoms with Crippen LogP contribution in [0.15, 0.2) is 97.1 Å². The molecule has 51 heavy (non-hydrogen) atoms. The maximum atomic E-state index is 5.76. The van der Waals surface area contributed by atoms with E-state index in [0.29, 0.717) is 0 Å². The van der Waals surface area contributed by atoms with E-state index in [0.717, 1.165) is 64.2 Å². The molecule has 0 radical (unpaired) electrons.